The van der Waals surface area contributed by atoms with E-state index in [0.29, 0.717) is 5.65 Å². The summed E-state index contributed by atoms with van der Waals surface area (Å²) in [4.78, 5) is 12.4. The number of nitrogens with zero attached hydrogens (tertiary/aromatic N) is 3. The van der Waals surface area contributed by atoms with Gasteiger partial charge in [0.05, 0.1) is 13.3 Å². The van der Waals surface area contributed by atoms with Crippen LogP contribution in [-0.4, -0.2) is 22.1 Å². The Morgan fingerprint density at radius 2 is 2.08 bits per heavy atom. The first-order chi connectivity index (χ1) is 6.29. The van der Waals surface area contributed by atoms with Crippen LogP contribution in [0.15, 0.2) is 18.5 Å². The van der Waals surface area contributed by atoms with Gasteiger partial charge >= 0.3 is 0 Å². The molecule has 0 N–H and O–H groups in total. The van der Waals surface area contributed by atoms with Crippen LogP contribution in [0.1, 0.15) is 5.82 Å². The first kappa shape index (κ1) is 7.91. The average Bonchev–Trinajstić information content (AvgIpc) is 2.17. The van der Waals surface area contributed by atoms with Gasteiger partial charge in [-0.15, -0.1) is 0 Å². The van der Waals surface area contributed by atoms with Gasteiger partial charge in [-0.05, 0) is 13.0 Å². The Hall–Kier alpha value is -1.71. The van der Waals surface area contributed by atoms with Gasteiger partial charge in [0.25, 0.3) is 0 Å². The molecule has 0 saturated heterocycles. The lowest BCUT2D eigenvalue weighted by atomic mass is 10.3. The number of fused-ring (bicyclic) bond motifs is 1. The summed E-state index contributed by atoms with van der Waals surface area (Å²) < 4.78 is 5.03. The van der Waals surface area contributed by atoms with Crippen LogP contribution in [-0.2, 0) is 0 Å². The molecule has 2 rings (SSSR count). The Bertz CT molecular complexity index is 442. The van der Waals surface area contributed by atoms with Gasteiger partial charge in [0.2, 0.25) is 0 Å². The Labute approximate surface area is 75.6 Å². The van der Waals surface area contributed by atoms with Gasteiger partial charge in [0.1, 0.15) is 11.6 Å². The molecule has 0 fully saturated rings. The summed E-state index contributed by atoms with van der Waals surface area (Å²) >= 11 is 0. The summed E-state index contributed by atoms with van der Waals surface area (Å²) in [5.74, 6) is 1.45. The van der Waals surface area contributed by atoms with Crippen molar-refractivity contribution >= 4 is 11.0 Å². The van der Waals surface area contributed by atoms with E-state index in [1.807, 2.05) is 13.0 Å². The van der Waals surface area contributed by atoms with Crippen LogP contribution >= 0.6 is 0 Å². The second kappa shape index (κ2) is 2.97. The van der Waals surface area contributed by atoms with Gasteiger partial charge in [0.15, 0.2) is 5.65 Å². The highest BCUT2D eigenvalue weighted by atomic mass is 16.5. The van der Waals surface area contributed by atoms with Crippen LogP contribution in [0, 0.1) is 6.92 Å². The molecule has 2 aromatic rings. The molecule has 2 aromatic heterocycles. The molecule has 2 heterocycles. The first-order valence-corrected chi connectivity index (χ1v) is 3.93. The van der Waals surface area contributed by atoms with Crippen molar-refractivity contribution in [3.05, 3.63) is 24.3 Å². The molecule has 4 nitrogen and oxygen atoms in total. The molecule has 66 valence electrons. The standard InChI is InChI=1S/C9H9N3O/c1-6-10-4-7-3-8(13-2)5-11-9(7)12-6/h3-5H,1-2H3. The third-order valence-electron chi connectivity index (χ3n) is 1.76. The minimum absolute atomic E-state index is 0.702. The smallest absolute Gasteiger partial charge is 0.163 e. The molecule has 0 aromatic carbocycles. The molecule has 0 spiro atoms. The molecule has 0 aliphatic carbocycles. The molecular formula is C9H9N3O. The van der Waals surface area contributed by atoms with Gasteiger partial charge in [-0.3, -0.25) is 0 Å². The van der Waals surface area contributed by atoms with Crippen molar-refractivity contribution in [1.82, 2.24) is 15.0 Å². The zero-order valence-corrected chi connectivity index (χ0v) is 7.48. The number of methoxy groups -OCH3 is 1. The molecule has 0 bridgehead atoms. The summed E-state index contributed by atoms with van der Waals surface area (Å²) in [7, 11) is 1.61. The quantitative estimate of drug-likeness (QED) is 0.656. The van der Waals surface area contributed by atoms with Gasteiger partial charge in [-0.1, -0.05) is 0 Å². The van der Waals surface area contributed by atoms with Gasteiger partial charge < -0.3 is 4.74 Å². The summed E-state index contributed by atoms with van der Waals surface area (Å²) in [6.07, 6.45) is 3.39. The number of hydrogen-bond acceptors (Lipinski definition) is 4. The second-order valence-corrected chi connectivity index (χ2v) is 2.71. The lowest BCUT2D eigenvalue weighted by molar-refractivity contribution is 0.413. The zero-order chi connectivity index (χ0) is 9.26. The van der Waals surface area contributed by atoms with Crippen LogP contribution in [0.25, 0.3) is 11.0 Å². The van der Waals surface area contributed by atoms with Crippen LogP contribution in [0.2, 0.25) is 0 Å². The van der Waals surface area contributed by atoms with Crippen molar-refractivity contribution < 1.29 is 4.74 Å². The highest BCUT2D eigenvalue weighted by Gasteiger charge is 1.99. The van der Waals surface area contributed by atoms with E-state index < -0.39 is 0 Å². The molecule has 0 atom stereocenters. The van der Waals surface area contributed by atoms with E-state index in [1.165, 1.54) is 0 Å². The fourth-order valence-electron chi connectivity index (χ4n) is 1.10. The fourth-order valence-corrected chi connectivity index (χ4v) is 1.10. The Morgan fingerprint density at radius 3 is 2.85 bits per heavy atom. The summed E-state index contributed by atoms with van der Waals surface area (Å²) in [5, 5.41) is 0.893. The molecule has 0 saturated carbocycles. The van der Waals surface area contributed by atoms with Crippen molar-refractivity contribution in [1.29, 1.82) is 0 Å². The minimum atomic E-state index is 0.702. The number of hydrogen-bond donors (Lipinski definition) is 0. The lowest BCUT2D eigenvalue weighted by Crippen LogP contribution is -1.91. The number of pyridine rings is 1. The molecule has 13 heavy (non-hydrogen) atoms. The predicted octanol–water partition coefficient (Wildman–Crippen LogP) is 1.34. The normalized spacial score (nSPS) is 10.3. The average molecular weight is 175 g/mol. The van der Waals surface area contributed by atoms with E-state index >= 15 is 0 Å². The first-order valence-electron chi connectivity index (χ1n) is 3.93. The van der Waals surface area contributed by atoms with Gasteiger partial charge in [-0.2, -0.15) is 0 Å². The van der Waals surface area contributed by atoms with Crippen molar-refractivity contribution in [2.75, 3.05) is 7.11 Å². The SMILES string of the molecule is COc1cnc2nc(C)ncc2c1. The Kier molecular flexibility index (Phi) is 1.81. The monoisotopic (exact) mass is 175 g/mol. The fraction of sp³-hybridized carbons (Fsp3) is 0.222. The second-order valence-electron chi connectivity index (χ2n) is 2.71. The van der Waals surface area contributed by atoms with E-state index in [2.05, 4.69) is 15.0 Å². The number of ether oxygens (including phenoxy) is 1. The van der Waals surface area contributed by atoms with E-state index in [-0.39, 0.29) is 0 Å². The minimum Gasteiger partial charge on any atom is -0.495 e. The van der Waals surface area contributed by atoms with Crippen molar-refractivity contribution in [2.24, 2.45) is 0 Å². The van der Waals surface area contributed by atoms with Crippen molar-refractivity contribution in [3.8, 4) is 5.75 Å². The Morgan fingerprint density at radius 1 is 1.23 bits per heavy atom. The maximum Gasteiger partial charge on any atom is 0.163 e. The van der Waals surface area contributed by atoms with Crippen molar-refractivity contribution in [2.45, 2.75) is 6.92 Å². The topological polar surface area (TPSA) is 47.9 Å². The molecule has 0 aliphatic heterocycles. The van der Waals surface area contributed by atoms with E-state index in [0.717, 1.165) is 17.0 Å². The number of aryl methyl sites for hydroxylation is 1. The molecular weight excluding hydrogens is 166 g/mol. The summed E-state index contributed by atoms with van der Waals surface area (Å²) in [6.45, 7) is 1.84. The largest absolute Gasteiger partial charge is 0.495 e. The van der Waals surface area contributed by atoms with E-state index in [4.69, 9.17) is 4.74 Å². The molecule has 0 unspecified atom stereocenters. The van der Waals surface area contributed by atoms with E-state index in [9.17, 15) is 0 Å². The predicted molar refractivity (Wildman–Crippen MR) is 48.6 cm³/mol. The third-order valence-corrected chi connectivity index (χ3v) is 1.76. The zero-order valence-electron chi connectivity index (χ0n) is 7.48. The maximum absolute atomic E-state index is 5.03. The molecule has 0 radical (unpaired) electrons. The third kappa shape index (κ3) is 1.42. The molecule has 0 aliphatic rings. The summed E-state index contributed by atoms with van der Waals surface area (Å²) in [5.41, 5.74) is 0.702. The summed E-state index contributed by atoms with van der Waals surface area (Å²) in [6, 6.07) is 1.86. The lowest BCUT2D eigenvalue weighted by Gasteiger charge is -2.00. The van der Waals surface area contributed by atoms with Gasteiger partial charge in [0, 0.05) is 11.6 Å². The number of aromatic nitrogens is 3. The van der Waals surface area contributed by atoms with Crippen LogP contribution in [0.3, 0.4) is 0 Å². The molecule has 4 heteroatoms. The Balaban J connectivity index is 2.66. The van der Waals surface area contributed by atoms with Gasteiger partial charge in [-0.25, -0.2) is 15.0 Å². The highest BCUT2D eigenvalue weighted by Crippen LogP contribution is 2.15. The highest BCUT2D eigenvalue weighted by molar-refractivity contribution is 5.74. The number of rotatable bonds is 1. The maximum atomic E-state index is 5.03. The van der Waals surface area contributed by atoms with Crippen molar-refractivity contribution in [3.63, 3.8) is 0 Å². The van der Waals surface area contributed by atoms with Crippen LogP contribution < -0.4 is 4.74 Å². The van der Waals surface area contributed by atoms with Crippen LogP contribution in [0.5, 0.6) is 5.75 Å². The molecule has 0 amide bonds. The van der Waals surface area contributed by atoms with Crippen LogP contribution in [0.4, 0.5) is 0 Å². The van der Waals surface area contributed by atoms with E-state index in [1.54, 1.807) is 19.5 Å².